The molecule has 0 aliphatic carbocycles. The molecule has 1 aliphatic heterocycles. The number of amides is 2. The Kier molecular flexibility index (Phi) is 8.49. The SMILES string of the molecule is CCC(C)OC(=O)n1nc(NC(=O)c2ccc(CN3CCCC3)cc2)c2oc(C(=O)N(CC)c3ccccc3)cc21. The standard InChI is InChI=1S/C31H35N5O5/c1-4-21(3)40-31(39)36-25-19-26(30(38)35(5-2)24-11-7-6-8-12-24)41-27(25)28(33-36)32-29(37)23-15-13-22(14-16-23)20-34-17-9-10-18-34/h6-8,11-16,19,21H,4-5,9-10,17-18,20H2,1-3H3,(H,32,33,37). The fourth-order valence-electron chi connectivity index (χ4n) is 4.86. The van der Waals surface area contributed by atoms with Gasteiger partial charge in [0.05, 0.1) is 0 Å². The van der Waals surface area contributed by atoms with E-state index in [1.807, 2.05) is 56.3 Å². The molecule has 1 saturated heterocycles. The maximum Gasteiger partial charge on any atom is 0.435 e. The summed E-state index contributed by atoms with van der Waals surface area (Å²) in [5.74, 6) is -0.769. The molecule has 214 valence electrons. The van der Waals surface area contributed by atoms with Crippen LogP contribution in [0.5, 0.6) is 0 Å². The Hall–Kier alpha value is -4.44. The number of benzene rings is 2. The molecule has 41 heavy (non-hydrogen) atoms. The van der Waals surface area contributed by atoms with E-state index in [1.54, 1.807) is 24.0 Å². The first-order valence-corrected chi connectivity index (χ1v) is 14.1. The van der Waals surface area contributed by atoms with E-state index in [4.69, 9.17) is 9.15 Å². The molecule has 5 rings (SSSR count). The number of furan rings is 1. The third kappa shape index (κ3) is 6.17. The van der Waals surface area contributed by atoms with Crippen LogP contribution in [0.15, 0.2) is 65.1 Å². The van der Waals surface area contributed by atoms with Gasteiger partial charge in [-0.15, -0.1) is 5.10 Å². The van der Waals surface area contributed by atoms with E-state index in [0.29, 0.717) is 24.2 Å². The Morgan fingerprint density at radius 1 is 1.05 bits per heavy atom. The first kappa shape index (κ1) is 28.1. The second kappa shape index (κ2) is 12.4. The van der Waals surface area contributed by atoms with E-state index in [2.05, 4.69) is 15.3 Å². The Morgan fingerprint density at radius 3 is 2.41 bits per heavy atom. The van der Waals surface area contributed by atoms with Gasteiger partial charge in [0.2, 0.25) is 0 Å². The van der Waals surface area contributed by atoms with Crippen molar-refractivity contribution >= 4 is 40.5 Å². The molecule has 1 aliphatic rings. The molecule has 2 aromatic heterocycles. The Bertz CT molecular complexity index is 1520. The van der Waals surface area contributed by atoms with Gasteiger partial charge in [0.15, 0.2) is 17.2 Å². The highest BCUT2D eigenvalue weighted by molar-refractivity contribution is 6.10. The van der Waals surface area contributed by atoms with Gasteiger partial charge in [-0.05, 0) is 76.0 Å². The molecule has 2 amide bonds. The van der Waals surface area contributed by atoms with Gasteiger partial charge in [-0.25, -0.2) is 4.79 Å². The number of anilines is 2. The number of carbonyl (C=O) groups is 3. The highest BCUT2D eigenvalue weighted by Gasteiger charge is 2.28. The zero-order valence-corrected chi connectivity index (χ0v) is 23.6. The number of ether oxygens (including phenoxy) is 1. The number of rotatable bonds is 9. The highest BCUT2D eigenvalue weighted by Crippen LogP contribution is 2.29. The zero-order valence-electron chi connectivity index (χ0n) is 23.6. The average Bonchev–Trinajstić information content (AvgIpc) is 3.73. The molecule has 1 fully saturated rings. The summed E-state index contributed by atoms with van der Waals surface area (Å²) in [6.07, 6.45) is 1.97. The van der Waals surface area contributed by atoms with Crippen LogP contribution in [0.1, 0.15) is 66.5 Å². The van der Waals surface area contributed by atoms with Crippen LogP contribution in [0.3, 0.4) is 0 Å². The van der Waals surface area contributed by atoms with Crippen molar-refractivity contribution in [1.29, 1.82) is 0 Å². The fourth-order valence-corrected chi connectivity index (χ4v) is 4.86. The number of carbonyl (C=O) groups excluding carboxylic acids is 3. The van der Waals surface area contributed by atoms with Crippen molar-refractivity contribution in [1.82, 2.24) is 14.7 Å². The largest absolute Gasteiger partial charge is 0.445 e. The monoisotopic (exact) mass is 557 g/mol. The molecular weight excluding hydrogens is 522 g/mol. The average molecular weight is 558 g/mol. The third-order valence-electron chi connectivity index (χ3n) is 7.30. The molecule has 0 saturated carbocycles. The summed E-state index contributed by atoms with van der Waals surface area (Å²) in [6.45, 7) is 8.98. The number of likely N-dealkylation sites (tertiary alicyclic amines) is 1. The molecule has 3 heterocycles. The maximum absolute atomic E-state index is 13.5. The fraction of sp³-hybridized carbons (Fsp3) is 0.355. The number of nitrogens with one attached hydrogen (secondary N) is 1. The van der Waals surface area contributed by atoms with Gasteiger partial charge in [0.25, 0.3) is 11.8 Å². The van der Waals surface area contributed by atoms with Gasteiger partial charge in [-0.2, -0.15) is 4.68 Å². The molecule has 0 bridgehead atoms. The van der Waals surface area contributed by atoms with Crippen LogP contribution in [0, 0.1) is 0 Å². The lowest BCUT2D eigenvalue weighted by Crippen LogP contribution is -2.30. The second-order valence-electron chi connectivity index (χ2n) is 10.2. The van der Waals surface area contributed by atoms with E-state index in [1.165, 1.54) is 18.9 Å². The smallest absolute Gasteiger partial charge is 0.435 e. The molecular formula is C31H35N5O5. The van der Waals surface area contributed by atoms with Crippen LogP contribution in [0.25, 0.3) is 11.1 Å². The summed E-state index contributed by atoms with van der Waals surface area (Å²) < 4.78 is 12.5. The lowest BCUT2D eigenvalue weighted by atomic mass is 10.1. The van der Waals surface area contributed by atoms with E-state index < -0.39 is 12.0 Å². The van der Waals surface area contributed by atoms with Gasteiger partial charge in [0.1, 0.15) is 11.6 Å². The van der Waals surface area contributed by atoms with Crippen molar-refractivity contribution in [2.45, 2.75) is 52.7 Å². The van der Waals surface area contributed by atoms with Crippen LogP contribution < -0.4 is 10.2 Å². The first-order valence-electron chi connectivity index (χ1n) is 14.1. The molecule has 0 spiro atoms. The molecule has 2 aromatic carbocycles. The van der Waals surface area contributed by atoms with Crippen molar-refractivity contribution in [3.63, 3.8) is 0 Å². The summed E-state index contributed by atoms with van der Waals surface area (Å²) in [7, 11) is 0. The van der Waals surface area contributed by atoms with Crippen LogP contribution in [-0.4, -0.2) is 58.3 Å². The second-order valence-corrected chi connectivity index (χ2v) is 10.2. The summed E-state index contributed by atoms with van der Waals surface area (Å²) in [5.41, 5.74) is 2.61. The van der Waals surface area contributed by atoms with Crippen molar-refractivity contribution in [3.05, 3.63) is 77.6 Å². The van der Waals surface area contributed by atoms with Gasteiger partial charge in [0, 0.05) is 30.4 Å². The summed E-state index contributed by atoms with van der Waals surface area (Å²) >= 11 is 0. The molecule has 10 heteroatoms. The summed E-state index contributed by atoms with van der Waals surface area (Å²) in [4.78, 5) is 43.6. The van der Waals surface area contributed by atoms with Crippen LogP contribution in [0.4, 0.5) is 16.3 Å². The van der Waals surface area contributed by atoms with E-state index >= 15 is 0 Å². The Balaban J connectivity index is 1.43. The van der Waals surface area contributed by atoms with Gasteiger partial charge >= 0.3 is 6.09 Å². The number of fused-ring (bicyclic) bond motifs is 1. The topological polar surface area (TPSA) is 110 Å². The highest BCUT2D eigenvalue weighted by atomic mass is 16.6. The number of hydrogen-bond donors (Lipinski definition) is 1. The van der Waals surface area contributed by atoms with Crippen molar-refractivity contribution in [2.24, 2.45) is 0 Å². The van der Waals surface area contributed by atoms with Crippen molar-refractivity contribution in [2.75, 3.05) is 29.9 Å². The third-order valence-corrected chi connectivity index (χ3v) is 7.30. The molecule has 1 N–H and O–H groups in total. The lowest BCUT2D eigenvalue weighted by molar-refractivity contribution is 0.0962. The quantitative estimate of drug-likeness (QED) is 0.272. The van der Waals surface area contributed by atoms with E-state index in [-0.39, 0.29) is 34.7 Å². The summed E-state index contributed by atoms with van der Waals surface area (Å²) in [6, 6.07) is 18.1. The molecule has 4 aromatic rings. The van der Waals surface area contributed by atoms with Crippen molar-refractivity contribution < 1.29 is 23.5 Å². The minimum absolute atomic E-state index is 0.00922. The minimum Gasteiger partial charge on any atom is -0.445 e. The molecule has 1 atom stereocenters. The maximum atomic E-state index is 13.5. The van der Waals surface area contributed by atoms with Crippen LogP contribution in [-0.2, 0) is 11.3 Å². The summed E-state index contributed by atoms with van der Waals surface area (Å²) in [5, 5.41) is 7.05. The van der Waals surface area contributed by atoms with Gasteiger partial charge < -0.3 is 19.4 Å². The number of para-hydroxylation sites is 1. The Morgan fingerprint density at radius 2 is 1.76 bits per heavy atom. The number of aromatic nitrogens is 2. The van der Waals surface area contributed by atoms with Gasteiger partial charge in [-0.3, -0.25) is 14.5 Å². The zero-order chi connectivity index (χ0) is 28.9. The first-order chi connectivity index (χ1) is 19.9. The van der Waals surface area contributed by atoms with E-state index in [0.717, 1.165) is 29.9 Å². The number of nitrogens with zero attached hydrogens (tertiary/aromatic N) is 4. The molecule has 10 nitrogen and oxygen atoms in total. The predicted octanol–water partition coefficient (Wildman–Crippen LogP) is 5.93. The number of hydrogen-bond acceptors (Lipinski definition) is 7. The van der Waals surface area contributed by atoms with Crippen LogP contribution in [0.2, 0.25) is 0 Å². The van der Waals surface area contributed by atoms with Gasteiger partial charge in [-0.1, -0.05) is 37.3 Å². The van der Waals surface area contributed by atoms with Crippen molar-refractivity contribution in [3.8, 4) is 0 Å². The minimum atomic E-state index is -0.730. The lowest BCUT2D eigenvalue weighted by Gasteiger charge is -2.19. The Labute approximate surface area is 238 Å². The normalized spacial score (nSPS) is 14.2. The van der Waals surface area contributed by atoms with E-state index in [9.17, 15) is 14.4 Å². The van der Waals surface area contributed by atoms with Crippen LogP contribution >= 0.6 is 0 Å². The molecule has 1 unspecified atom stereocenters. The molecule has 0 radical (unpaired) electrons. The predicted molar refractivity (Wildman–Crippen MR) is 156 cm³/mol.